The summed E-state index contributed by atoms with van der Waals surface area (Å²) < 4.78 is 10.9. The first-order valence-corrected chi connectivity index (χ1v) is 9.86. The molecule has 0 saturated heterocycles. The Hall–Kier alpha value is -2.98. The topological polar surface area (TPSA) is 39.4 Å². The zero-order valence-corrected chi connectivity index (χ0v) is 15.7. The molecule has 0 amide bonds. The van der Waals surface area contributed by atoms with Crippen LogP contribution in [0, 0.1) is 0 Å². The van der Waals surface area contributed by atoms with Gasteiger partial charge in [0.2, 0.25) is 0 Å². The van der Waals surface area contributed by atoms with Crippen molar-refractivity contribution in [1.82, 2.24) is 0 Å². The van der Waals surface area contributed by atoms with Gasteiger partial charge < -0.3 is 9.15 Å². The number of ether oxygens (including phenoxy) is 1. The summed E-state index contributed by atoms with van der Waals surface area (Å²) >= 11 is 1.54. The lowest BCUT2D eigenvalue weighted by Crippen LogP contribution is -2.06. The number of fused-ring (bicyclic) bond motifs is 3. The molecule has 0 aliphatic heterocycles. The maximum Gasteiger partial charge on any atom is 0.339 e. The molecule has 0 N–H and O–H groups in total. The van der Waals surface area contributed by atoms with E-state index in [2.05, 4.69) is 30.3 Å². The lowest BCUT2D eigenvalue weighted by Gasteiger charge is -2.16. The number of furan rings is 1. The number of benzene rings is 3. The van der Waals surface area contributed by atoms with Crippen molar-refractivity contribution in [2.75, 3.05) is 13.4 Å². The van der Waals surface area contributed by atoms with Crippen molar-refractivity contribution in [2.24, 2.45) is 0 Å². The summed E-state index contributed by atoms with van der Waals surface area (Å²) in [6.45, 7) is 0. The van der Waals surface area contributed by atoms with Crippen LogP contribution in [0.4, 0.5) is 0 Å². The van der Waals surface area contributed by atoms with Crippen LogP contribution in [0.1, 0.15) is 10.4 Å². The van der Waals surface area contributed by atoms with Crippen molar-refractivity contribution in [2.45, 2.75) is 4.90 Å². The van der Waals surface area contributed by atoms with Crippen LogP contribution in [0.5, 0.6) is 0 Å². The number of carbonyl (C=O) groups excluding carboxylic acids is 1. The van der Waals surface area contributed by atoms with Crippen LogP contribution in [-0.2, 0) is 4.74 Å². The molecule has 3 nitrogen and oxygen atoms in total. The molecule has 3 aromatic carbocycles. The van der Waals surface area contributed by atoms with E-state index >= 15 is 0 Å². The molecule has 0 fully saturated rings. The molecule has 0 bridgehead atoms. The van der Waals surface area contributed by atoms with E-state index in [0.717, 1.165) is 43.9 Å². The standard InChI is InChI=1S/C23H16O3S/c1-25-23(24)22-18(27-2)12-16(17-10-5-11-26-17)20-14-8-3-6-13-7-4-9-15(19(13)14)21(20)22/h3-12H,1-2H3. The molecule has 0 unspecified atom stereocenters. The lowest BCUT2D eigenvalue weighted by molar-refractivity contribution is 0.0598. The van der Waals surface area contributed by atoms with Crippen molar-refractivity contribution in [1.29, 1.82) is 0 Å². The Labute approximate surface area is 161 Å². The van der Waals surface area contributed by atoms with Crippen molar-refractivity contribution in [3.05, 3.63) is 66.4 Å². The highest BCUT2D eigenvalue weighted by Gasteiger charge is 2.32. The van der Waals surface area contributed by atoms with Crippen LogP contribution in [0.2, 0.25) is 0 Å². The fourth-order valence-electron chi connectivity index (χ4n) is 4.06. The van der Waals surface area contributed by atoms with Crippen LogP contribution < -0.4 is 0 Å². The zero-order valence-electron chi connectivity index (χ0n) is 14.9. The Bertz CT molecular complexity index is 1200. The first-order chi connectivity index (χ1) is 13.2. The fourth-order valence-corrected chi connectivity index (χ4v) is 4.68. The third-order valence-electron chi connectivity index (χ3n) is 5.13. The summed E-state index contributed by atoms with van der Waals surface area (Å²) in [5.74, 6) is 0.481. The number of hydrogen-bond donors (Lipinski definition) is 0. The lowest BCUT2D eigenvalue weighted by atomic mass is 9.92. The molecule has 1 heterocycles. The van der Waals surface area contributed by atoms with E-state index in [1.165, 1.54) is 12.5 Å². The van der Waals surface area contributed by atoms with Crippen molar-refractivity contribution < 1.29 is 13.9 Å². The highest BCUT2D eigenvalue weighted by atomic mass is 32.2. The van der Waals surface area contributed by atoms with Gasteiger partial charge in [0.15, 0.2) is 0 Å². The predicted molar refractivity (Wildman–Crippen MR) is 109 cm³/mol. The van der Waals surface area contributed by atoms with Crippen molar-refractivity contribution in [3.63, 3.8) is 0 Å². The fraction of sp³-hybridized carbons (Fsp3) is 0.0870. The second-order valence-electron chi connectivity index (χ2n) is 6.43. The minimum atomic E-state index is -0.314. The molecule has 4 aromatic rings. The van der Waals surface area contributed by atoms with Gasteiger partial charge in [0.05, 0.1) is 18.9 Å². The minimum absolute atomic E-state index is 0.314. The van der Waals surface area contributed by atoms with Crippen LogP contribution in [0.15, 0.2) is 70.2 Å². The van der Waals surface area contributed by atoms with E-state index < -0.39 is 0 Å². The van der Waals surface area contributed by atoms with Gasteiger partial charge in [0.1, 0.15) is 5.76 Å². The second-order valence-corrected chi connectivity index (χ2v) is 7.28. The van der Waals surface area contributed by atoms with Crippen molar-refractivity contribution in [3.8, 4) is 33.6 Å². The molecule has 0 radical (unpaired) electrons. The van der Waals surface area contributed by atoms with Gasteiger partial charge in [-0.05, 0) is 46.4 Å². The average Bonchev–Trinajstić information content (AvgIpc) is 3.35. The SMILES string of the molecule is COC(=O)c1c(SC)cc(-c2ccco2)c2c1-c1cccc3cccc-2c13. The Morgan fingerprint density at radius 3 is 2.33 bits per heavy atom. The van der Waals surface area contributed by atoms with E-state index in [4.69, 9.17) is 9.15 Å². The number of thioether (sulfide) groups is 1. The highest BCUT2D eigenvalue weighted by molar-refractivity contribution is 7.98. The second kappa shape index (κ2) is 6.03. The van der Waals surface area contributed by atoms with Gasteiger partial charge >= 0.3 is 5.97 Å². The molecule has 1 aliphatic rings. The van der Waals surface area contributed by atoms with Gasteiger partial charge in [-0.1, -0.05) is 36.4 Å². The molecule has 132 valence electrons. The van der Waals surface area contributed by atoms with Crippen LogP contribution in [0.3, 0.4) is 0 Å². The van der Waals surface area contributed by atoms with Gasteiger partial charge in [-0.15, -0.1) is 11.8 Å². The number of esters is 1. The number of hydrogen-bond acceptors (Lipinski definition) is 4. The molecular formula is C23H16O3S. The molecular weight excluding hydrogens is 356 g/mol. The molecule has 0 atom stereocenters. The predicted octanol–water partition coefficient (Wildman–Crippen LogP) is 6.26. The molecule has 1 aliphatic carbocycles. The van der Waals surface area contributed by atoms with Gasteiger partial charge in [0.25, 0.3) is 0 Å². The number of rotatable bonds is 3. The summed E-state index contributed by atoms with van der Waals surface area (Å²) in [5, 5.41) is 2.33. The Balaban J connectivity index is 2.00. The van der Waals surface area contributed by atoms with Gasteiger partial charge in [-0.25, -0.2) is 4.79 Å². The van der Waals surface area contributed by atoms with E-state index in [0.29, 0.717) is 5.56 Å². The van der Waals surface area contributed by atoms with Crippen LogP contribution in [-0.4, -0.2) is 19.3 Å². The summed E-state index contributed by atoms with van der Waals surface area (Å²) in [6, 6.07) is 18.4. The van der Waals surface area contributed by atoms with Crippen LogP contribution >= 0.6 is 11.8 Å². The summed E-state index contributed by atoms with van der Waals surface area (Å²) in [4.78, 5) is 13.6. The largest absolute Gasteiger partial charge is 0.465 e. The van der Waals surface area contributed by atoms with E-state index in [1.54, 1.807) is 18.0 Å². The zero-order chi connectivity index (χ0) is 18.5. The maximum atomic E-state index is 12.8. The van der Waals surface area contributed by atoms with E-state index in [1.807, 2.05) is 30.5 Å². The molecule has 5 rings (SSSR count). The third kappa shape index (κ3) is 2.20. The van der Waals surface area contributed by atoms with Gasteiger partial charge in [-0.3, -0.25) is 0 Å². The first-order valence-electron chi connectivity index (χ1n) is 8.64. The summed E-state index contributed by atoms with van der Waals surface area (Å²) in [7, 11) is 1.43. The molecule has 0 spiro atoms. The van der Waals surface area contributed by atoms with Crippen molar-refractivity contribution >= 4 is 28.5 Å². The molecule has 1 aromatic heterocycles. The van der Waals surface area contributed by atoms with Gasteiger partial charge in [0, 0.05) is 21.6 Å². The third-order valence-corrected chi connectivity index (χ3v) is 5.89. The van der Waals surface area contributed by atoms with Gasteiger partial charge in [-0.2, -0.15) is 0 Å². The average molecular weight is 372 g/mol. The maximum absolute atomic E-state index is 12.8. The normalized spacial score (nSPS) is 11.6. The monoisotopic (exact) mass is 372 g/mol. The Morgan fingerprint density at radius 1 is 0.963 bits per heavy atom. The minimum Gasteiger partial charge on any atom is -0.465 e. The highest BCUT2D eigenvalue weighted by Crippen LogP contribution is 2.54. The first kappa shape index (κ1) is 16.2. The van der Waals surface area contributed by atoms with E-state index in [9.17, 15) is 4.79 Å². The summed E-state index contributed by atoms with van der Waals surface area (Å²) in [6.07, 6.45) is 3.65. The number of carbonyl (C=O) groups is 1. The summed E-state index contributed by atoms with van der Waals surface area (Å²) in [5.41, 5.74) is 5.79. The Kier molecular flexibility index (Phi) is 3.62. The molecule has 0 saturated carbocycles. The van der Waals surface area contributed by atoms with Crippen LogP contribution in [0.25, 0.3) is 44.3 Å². The smallest absolute Gasteiger partial charge is 0.339 e. The molecule has 27 heavy (non-hydrogen) atoms. The quantitative estimate of drug-likeness (QED) is 0.277. The Morgan fingerprint density at radius 2 is 1.70 bits per heavy atom. The van der Waals surface area contributed by atoms with E-state index in [-0.39, 0.29) is 5.97 Å². The molecule has 4 heteroatoms. The number of methoxy groups -OCH3 is 1.